The molecule has 0 aliphatic rings. The lowest BCUT2D eigenvalue weighted by Crippen LogP contribution is -2.18. The Kier molecular flexibility index (Phi) is 3.52. The predicted octanol–water partition coefficient (Wildman–Crippen LogP) is 3.27. The first-order valence-corrected chi connectivity index (χ1v) is 7.05. The van der Waals surface area contributed by atoms with Crippen LogP contribution in [0.2, 0.25) is 0 Å². The molecule has 108 valence electrons. The molecule has 0 aliphatic carbocycles. The predicted molar refractivity (Wildman–Crippen MR) is 89.0 cm³/mol. The summed E-state index contributed by atoms with van der Waals surface area (Å²) in [5.74, 6) is 0.895. The summed E-state index contributed by atoms with van der Waals surface area (Å²) < 4.78 is 0. The van der Waals surface area contributed by atoms with Crippen LogP contribution in [0.25, 0.3) is 11.0 Å². The standard InChI is InChI=1S/C17H20N4/c1-20(2)14-8-6-7-13(11-14)12-21(3)17-18-15-9-4-5-10-16(15)19-17/h4-11H,12H2,1-3H3,(H,18,19). The number of hydrogen-bond acceptors (Lipinski definition) is 3. The van der Waals surface area contributed by atoms with Crippen molar-refractivity contribution in [3.63, 3.8) is 0 Å². The third-order valence-electron chi connectivity index (χ3n) is 3.59. The van der Waals surface area contributed by atoms with E-state index in [9.17, 15) is 0 Å². The molecule has 1 heterocycles. The molecule has 0 saturated heterocycles. The van der Waals surface area contributed by atoms with Gasteiger partial charge in [0.1, 0.15) is 0 Å². The number of imidazole rings is 1. The normalized spacial score (nSPS) is 10.8. The maximum Gasteiger partial charge on any atom is 0.203 e. The van der Waals surface area contributed by atoms with Gasteiger partial charge in [-0.05, 0) is 29.8 Å². The Morgan fingerprint density at radius 3 is 2.57 bits per heavy atom. The van der Waals surface area contributed by atoms with Gasteiger partial charge in [0.15, 0.2) is 0 Å². The average Bonchev–Trinajstić information content (AvgIpc) is 2.91. The fourth-order valence-corrected chi connectivity index (χ4v) is 2.40. The fourth-order valence-electron chi connectivity index (χ4n) is 2.40. The highest BCUT2D eigenvalue weighted by atomic mass is 15.2. The Bertz CT molecular complexity index is 712. The highest BCUT2D eigenvalue weighted by Crippen LogP contribution is 2.19. The van der Waals surface area contributed by atoms with Crippen molar-refractivity contribution in [2.75, 3.05) is 30.9 Å². The summed E-state index contributed by atoms with van der Waals surface area (Å²) in [6.07, 6.45) is 0. The monoisotopic (exact) mass is 280 g/mol. The third kappa shape index (κ3) is 2.84. The number of fused-ring (bicyclic) bond motifs is 1. The number of aromatic nitrogens is 2. The van der Waals surface area contributed by atoms with Crippen molar-refractivity contribution in [3.8, 4) is 0 Å². The van der Waals surface area contributed by atoms with E-state index in [1.54, 1.807) is 0 Å². The number of hydrogen-bond donors (Lipinski definition) is 1. The second kappa shape index (κ2) is 5.48. The van der Waals surface area contributed by atoms with Crippen LogP contribution in [-0.4, -0.2) is 31.1 Å². The first-order chi connectivity index (χ1) is 10.1. The minimum Gasteiger partial charge on any atom is -0.378 e. The van der Waals surface area contributed by atoms with E-state index in [2.05, 4.69) is 65.2 Å². The van der Waals surface area contributed by atoms with E-state index in [4.69, 9.17) is 0 Å². The first kappa shape index (κ1) is 13.5. The van der Waals surface area contributed by atoms with Gasteiger partial charge in [-0.1, -0.05) is 24.3 Å². The molecule has 3 rings (SSSR count). The van der Waals surface area contributed by atoms with E-state index in [0.29, 0.717) is 0 Å². The van der Waals surface area contributed by atoms with Crippen LogP contribution < -0.4 is 9.80 Å². The quantitative estimate of drug-likeness (QED) is 0.796. The Hall–Kier alpha value is -2.49. The molecule has 21 heavy (non-hydrogen) atoms. The van der Waals surface area contributed by atoms with E-state index in [1.165, 1.54) is 11.3 Å². The highest BCUT2D eigenvalue weighted by molar-refractivity contribution is 5.77. The zero-order valence-corrected chi connectivity index (χ0v) is 12.7. The molecule has 4 heteroatoms. The maximum absolute atomic E-state index is 4.63. The number of nitrogens with zero attached hydrogens (tertiary/aromatic N) is 3. The molecule has 0 bridgehead atoms. The SMILES string of the molecule is CN(C)c1cccc(CN(C)c2nc3ccccc3[nH]2)c1. The Morgan fingerprint density at radius 2 is 1.81 bits per heavy atom. The van der Waals surface area contributed by atoms with Crippen LogP contribution >= 0.6 is 0 Å². The summed E-state index contributed by atoms with van der Waals surface area (Å²) >= 11 is 0. The van der Waals surface area contributed by atoms with Gasteiger partial charge in [0.25, 0.3) is 0 Å². The van der Waals surface area contributed by atoms with E-state index < -0.39 is 0 Å². The average molecular weight is 280 g/mol. The number of benzene rings is 2. The molecule has 0 saturated carbocycles. The molecule has 2 aromatic carbocycles. The van der Waals surface area contributed by atoms with Crippen LogP contribution in [0.4, 0.5) is 11.6 Å². The van der Waals surface area contributed by atoms with Gasteiger partial charge in [0, 0.05) is 33.4 Å². The molecule has 0 atom stereocenters. The van der Waals surface area contributed by atoms with Crippen molar-refractivity contribution < 1.29 is 0 Å². The van der Waals surface area contributed by atoms with Crippen molar-refractivity contribution in [1.29, 1.82) is 0 Å². The summed E-state index contributed by atoms with van der Waals surface area (Å²) in [4.78, 5) is 12.2. The number of nitrogens with one attached hydrogen (secondary N) is 1. The number of aromatic amines is 1. The van der Waals surface area contributed by atoms with Gasteiger partial charge in [-0.3, -0.25) is 0 Å². The lowest BCUT2D eigenvalue weighted by molar-refractivity contribution is 0.884. The topological polar surface area (TPSA) is 35.2 Å². The molecule has 3 aromatic rings. The van der Waals surface area contributed by atoms with Crippen molar-refractivity contribution >= 4 is 22.7 Å². The molecule has 1 aromatic heterocycles. The lowest BCUT2D eigenvalue weighted by Gasteiger charge is -2.18. The van der Waals surface area contributed by atoms with E-state index in [1.807, 2.05) is 24.3 Å². The molecule has 4 nitrogen and oxygen atoms in total. The van der Waals surface area contributed by atoms with Crippen LogP contribution in [0.1, 0.15) is 5.56 Å². The zero-order valence-electron chi connectivity index (χ0n) is 12.7. The van der Waals surface area contributed by atoms with Crippen LogP contribution in [0, 0.1) is 0 Å². The largest absolute Gasteiger partial charge is 0.378 e. The molecule has 0 radical (unpaired) electrons. The van der Waals surface area contributed by atoms with Crippen LogP contribution in [0.5, 0.6) is 0 Å². The van der Waals surface area contributed by atoms with Crippen molar-refractivity contribution in [1.82, 2.24) is 9.97 Å². The van der Waals surface area contributed by atoms with E-state index in [-0.39, 0.29) is 0 Å². The Morgan fingerprint density at radius 1 is 1.00 bits per heavy atom. The van der Waals surface area contributed by atoms with Crippen LogP contribution in [0.3, 0.4) is 0 Å². The number of H-pyrrole nitrogens is 1. The second-order valence-corrected chi connectivity index (χ2v) is 5.50. The molecule has 0 aliphatic heterocycles. The summed E-state index contributed by atoms with van der Waals surface area (Å²) in [6, 6.07) is 16.7. The summed E-state index contributed by atoms with van der Waals surface area (Å²) in [6.45, 7) is 0.821. The van der Waals surface area contributed by atoms with Gasteiger partial charge in [0.2, 0.25) is 5.95 Å². The lowest BCUT2D eigenvalue weighted by atomic mass is 10.2. The van der Waals surface area contributed by atoms with Crippen LogP contribution in [0.15, 0.2) is 48.5 Å². The van der Waals surface area contributed by atoms with Gasteiger partial charge in [-0.25, -0.2) is 4.98 Å². The second-order valence-electron chi connectivity index (χ2n) is 5.50. The van der Waals surface area contributed by atoms with Gasteiger partial charge in [-0.2, -0.15) is 0 Å². The first-order valence-electron chi connectivity index (χ1n) is 7.05. The van der Waals surface area contributed by atoms with E-state index >= 15 is 0 Å². The highest BCUT2D eigenvalue weighted by Gasteiger charge is 2.08. The maximum atomic E-state index is 4.63. The minimum absolute atomic E-state index is 0.821. The zero-order chi connectivity index (χ0) is 14.8. The van der Waals surface area contributed by atoms with Gasteiger partial charge < -0.3 is 14.8 Å². The summed E-state index contributed by atoms with van der Waals surface area (Å²) in [5.41, 5.74) is 4.55. The molecule has 0 fully saturated rings. The third-order valence-corrected chi connectivity index (χ3v) is 3.59. The van der Waals surface area contributed by atoms with Crippen molar-refractivity contribution in [3.05, 3.63) is 54.1 Å². The van der Waals surface area contributed by atoms with Gasteiger partial charge in [0.05, 0.1) is 11.0 Å². The molecule has 0 amide bonds. The number of para-hydroxylation sites is 2. The van der Waals surface area contributed by atoms with E-state index in [0.717, 1.165) is 23.5 Å². The molecule has 1 N–H and O–H groups in total. The smallest absolute Gasteiger partial charge is 0.203 e. The van der Waals surface area contributed by atoms with Crippen molar-refractivity contribution in [2.45, 2.75) is 6.54 Å². The molecular formula is C17H20N4. The Balaban J connectivity index is 1.82. The van der Waals surface area contributed by atoms with Gasteiger partial charge in [-0.15, -0.1) is 0 Å². The number of anilines is 2. The van der Waals surface area contributed by atoms with Crippen LogP contribution in [-0.2, 0) is 6.54 Å². The molecular weight excluding hydrogens is 260 g/mol. The van der Waals surface area contributed by atoms with Crippen molar-refractivity contribution in [2.24, 2.45) is 0 Å². The number of rotatable bonds is 4. The molecule has 0 spiro atoms. The van der Waals surface area contributed by atoms with Gasteiger partial charge >= 0.3 is 0 Å². The summed E-state index contributed by atoms with van der Waals surface area (Å²) in [7, 11) is 6.17. The Labute approximate surface area is 125 Å². The molecule has 0 unspecified atom stereocenters. The minimum atomic E-state index is 0.821. The summed E-state index contributed by atoms with van der Waals surface area (Å²) in [5, 5.41) is 0. The fraction of sp³-hybridized carbons (Fsp3) is 0.235.